The molecule has 0 aliphatic heterocycles. The molecule has 0 spiro atoms. The fourth-order valence-corrected chi connectivity index (χ4v) is 1.72. The third-order valence-corrected chi connectivity index (χ3v) is 2.78. The first-order valence-corrected chi connectivity index (χ1v) is 6.18. The smallest absolute Gasteiger partial charge is 0.319 e. The summed E-state index contributed by atoms with van der Waals surface area (Å²) in [6, 6.07) is 7.19. The highest BCUT2D eigenvalue weighted by molar-refractivity contribution is 5.74. The summed E-state index contributed by atoms with van der Waals surface area (Å²) in [4.78, 5) is 23.5. The fourth-order valence-electron chi connectivity index (χ4n) is 1.72. The van der Waals surface area contributed by atoms with Crippen molar-refractivity contribution in [1.82, 2.24) is 4.90 Å². The number of carbonyl (C=O) groups excluding carboxylic acids is 2. The van der Waals surface area contributed by atoms with Gasteiger partial charge in [-0.2, -0.15) is 8.78 Å². The summed E-state index contributed by atoms with van der Waals surface area (Å²) < 4.78 is 37.2. The van der Waals surface area contributed by atoms with Crippen LogP contribution in [-0.4, -0.2) is 50.7 Å². The predicted molar refractivity (Wildman–Crippen MR) is 70.8 cm³/mol. The van der Waals surface area contributed by atoms with Crippen LogP contribution in [0.2, 0.25) is 0 Å². The Morgan fingerprint density at radius 2 is 1.52 bits per heavy atom. The van der Waals surface area contributed by atoms with Gasteiger partial charge in [-0.25, -0.2) is 0 Å². The van der Waals surface area contributed by atoms with E-state index in [-0.39, 0.29) is 5.56 Å². The highest BCUT2D eigenvalue weighted by atomic mass is 19.3. The van der Waals surface area contributed by atoms with Gasteiger partial charge in [-0.1, -0.05) is 30.3 Å². The van der Waals surface area contributed by atoms with Crippen molar-refractivity contribution in [3.8, 4) is 0 Å². The molecule has 0 bridgehead atoms. The van der Waals surface area contributed by atoms with Gasteiger partial charge in [-0.05, 0) is 0 Å². The number of halogens is 2. The number of benzene rings is 1. The van der Waals surface area contributed by atoms with Gasteiger partial charge in [0.15, 0.2) is 0 Å². The van der Waals surface area contributed by atoms with Crippen molar-refractivity contribution in [2.45, 2.75) is 5.92 Å². The molecule has 0 saturated heterocycles. The van der Waals surface area contributed by atoms with Crippen molar-refractivity contribution in [2.24, 2.45) is 0 Å². The maximum Gasteiger partial charge on any atom is 0.319 e. The van der Waals surface area contributed by atoms with E-state index in [0.29, 0.717) is 0 Å². The third-order valence-electron chi connectivity index (χ3n) is 2.78. The molecule has 1 rings (SSSR count). The Morgan fingerprint density at radius 3 is 1.95 bits per heavy atom. The monoisotopic (exact) mass is 301 g/mol. The minimum Gasteiger partial charge on any atom is -0.468 e. The van der Waals surface area contributed by atoms with Crippen LogP contribution < -0.4 is 0 Å². The van der Waals surface area contributed by atoms with E-state index in [1.54, 1.807) is 6.07 Å². The maximum absolute atomic E-state index is 14.2. The molecule has 0 fully saturated rings. The summed E-state index contributed by atoms with van der Waals surface area (Å²) in [5.74, 6) is -4.62. The van der Waals surface area contributed by atoms with Crippen LogP contribution in [0, 0.1) is 0 Å². The van der Waals surface area contributed by atoms with E-state index in [9.17, 15) is 18.4 Å². The number of ether oxygens (including phenoxy) is 2. The standard InChI is InChI=1S/C14H17F2NO4/c1-20-12(18)8-17(9-13(19)21-2)10-14(15,16)11-6-4-3-5-7-11/h3-7H,8-10H2,1-2H3. The molecule has 0 unspecified atom stereocenters. The minimum atomic E-state index is -3.21. The molecule has 0 aliphatic carbocycles. The minimum absolute atomic E-state index is 0.190. The van der Waals surface area contributed by atoms with Crippen molar-refractivity contribution >= 4 is 11.9 Å². The van der Waals surface area contributed by atoms with Gasteiger partial charge >= 0.3 is 11.9 Å². The molecule has 21 heavy (non-hydrogen) atoms. The van der Waals surface area contributed by atoms with Gasteiger partial charge in [0.05, 0.1) is 33.9 Å². The van der Waals surface area contributed by atoms with Gasteiger partial charge in [0, 0.05) is 5.56 Å². The van der Waals surface area contributed by atoms with E-state index in [1.807, 2.05) is 0 Å². The van der Waals surface area contributed by atoms with E-state index < -0.39 is 37.5 Å². The Hall–Kier alpha value is -2.02. The number of esters is 2. The van der Waals surface area contributed by atoms with Gasteiger partial charge in [0.25, 0.3) is 5.92 Å². The van der Waals surface area contributed by atoms with Crippen LogP contribution in [0.5, 0.6) is 0 Å². The van der Waals surface area contributed by atoms with Crippen LogP contribution in [0.15, 0.2) is 30.3 Å². The lowest BCUT2D eigenvalue weighted by Crippen LogP contribution is -2.42. The maximum atomic E-state index is 14.2. The Bertz CT molecular complexity index is 461. The third kappa shape index (κ3) is 5.47. The molecule has 0 heterocycles. The van der Waals surface area contributed by atoms with E-state index in [1.165, 1.54) is 24.3 Å². The highest BCUT2D eigenvalue weighted by Crippen LogP contribution is 2.28. The number of alkyl halides is 2. The largest absolute Gasteiger partial charge is 0.468 e. The zero-order valence-electron chi connectivity index (χ0n) is 11.8. The summed E-state index contributed by atoms with van der Waals surface area (Å²) in [5, 5.41) is 0. The molecule has 116 valence electrons. The van der Waals surface area contributed by atoms with Gasteiger partial charge in [0.2, 0.25) is 0 Å². The fraction of sp³-hybridized carbons (Fsp3) is 0.429. The lowest BCUT2D eigenvalue weighted by molar-refractivity contribution is -0.147. The first-order valence-electron chi connectivity index (χ1n) is 6.18. The van der Waals surface area contributed by atoms with Crippen LogP contribution in [0.1, 0.15) is 5.56 Å². The van der Waals surface area contributed by atoms with Crippen LogP contribution in [0.3, 0.4) is 0 Å². The normalized spacial score (nSPS) is 11.3. The zero-order valence-corrected chi connectivity index (χ0v) is 11.8. The van der Waals surface area contributed by atoms with Gasteiger partial charge < -0.3 is 9.47 Å². The second kappa shape index (κ2) is 7.68. The van der Waals surface area contributed by atoms with Crippen molar-refractivity contribution in [3.63, 3.8) is 0 Å². The number of hydrogen-bond acceptors (Lipinski definition) is 5. The summed E-state index contributed by atoms with van der Waals surface area (Å²) in [7, 11) is 2.29. The van der Waals surface area contributed by atoms with E-state index in [2.05, 4.69) is 9.47 Å². The van der Waals surface area contributed by atoms with E-state index >= 15 is 0 Å². The average molecular weight is 301 g/mol. The molecular weight excluding hydrogens is 284 g/mol. The second-order valence-corrected chi connectivity index (χ2v) is 4.37. The lowest BCUT2D eigenvalue weighted by Gasteiger charge is -2.25. The quantitative estimate of drug-likeness (QED) is 0.713. The molecule has 1 aromatic carbocycles. The van der Waals surface area contributed by atoms with Crippen LogP contribution >= 0.6 is 0 Å². The Morgan fingerprint density at radius 1 is 1.05 bits per heavy atom. The predicted octanol–water partition coefficient (Wildman–Crippen LogP) is 1.43. The van der Waals surface area contributed by atoms with Gasteiger partial charge in [0.1, 0.15) is 0 Å². The molecule has 0 aromatic heterocycles. The summed E-state index contributed by atoms with van der Waals surface area (Å²) in [6.45, 7) is -1.64. The molecule has 5 nitrogen and oxygen atoms in total. The lowest BCUT2D eigenvalue weighted by atomic mass is 10.1. The second-order valence-electron chi connectivity index (χ2n) is 4.37. The SMILES string of the molecule is COC(=O)CN(CC(=O)OC)CC(F)(F)c1ccccc1. The number of nitrogens with zero attached hydrogens (tertiary/aromatic N) is 1. The number of methoxy groups -OCH3 is 2. The van der Waals surface area contributed by atoms with E-state index in [0.717, 1.165) is 19.1 Å². The molecule has 0 atom stereocenters. The molecule has 1 aromatic rings. The Kier molecular flexibility index (Phi) is 6.23. The van der Waals surface area contributed by atoms with Crippen LogP contribution in [-0.2, 0) is 25.0 Å². The summed E-state index contributed by atoms with van der Waals surface area (Å²) >= 11 is 0. The van der Waals surface area contributed by atoms with Crippen molar-refractivity contribution in [2.75, 3.05) is 33.9 Å². The number of carbonyl (C=O) groups is 2. The molecule has 0 saturated carbocycles. The van der Waals surface area contributed by atoms with Crippen molar-refractivity contribution in [3.05, 3.63) is 35.9 Å². The molecule has 0 amide bonds. The Balaban J connectivity index is 2.83. The van der Waals surface area contributed by atoms with Gasteiger partial charge in [-0.15, -0.1) is 0 Å². The first-order chi connectivity index (χ1) is 9.89. The van der Waals surface area contributed by atoms with Crippen molar-refractivity contribution < 1.29 is 27.8 Å². The average Bonchev–Trinajstić information content (AvgIpc) is 2.47. The van der Waals surface area contributed by atoms with Gasteiger partial charge in [-0.3, -0.25) is 14.5 Å². The van der Waals surface area contributed by atoms with E-state index in [4.69, 9.17) is 0 Å². The highest BCUT2D eigenvalue weighted by Gasteiger charge is 2.35. The number of rotatable bonds is 7. The Labute approximate surface area is 121 Å². The molecule has 0 radical (unpaired) electrons. The molecule has 7 heteroatoms. The zero-order chi connectivity index (χ0) is 15.9. The molecule has 0 aliphatic rings. The van der Waals surface area contributed by atoms with Crippen LogP contribution in [0.25, 0.3) is 0 Å². The topological polar surface area (TPSA) is 55.8 Å². The first kappa shape index (κ1) is 17.0. The molecule has 0 N–H and O–H groups in total. The summed E-state index contributed by atoms with van der Waals surface area (Å²) in [6.07, 6.45) is 0. The molecular formula is C14H17F2NO4. The van der Waals surface area contributed by atoms with Crippen molar-refractivity contribution in [1.29, 1.82) is 0 Å². The summed E-state index contributed by atoms with van der Waals surface area (Å²) in [5.41, 5.74) is -0.190. The number of hydrogen-bond donors (Lipinski definition) is 0. The van der Waals surface area contributed by atoms with Crippen LogP contribution in [0.4, 0.5) is 8.78 Å².